The molecule has 0 aliphatic carbocycles. The van der Waals surface area contributed by atoms with E-state index in [0.717, 1.165) is 12.8 Å². The van der Waals surface area contributed by atoms with Gasteiger partial charge in [-0.1, -0.05) is 0 Å². The fourth-order valence-corrected chi connectivity index (χ4v) is 3.83. The topological polar surface area (TPSA) is 75.5 Å². The van der Waals surface area contributed by atoms with E-state index in [1.54, 1.807) is 33.8 Å². The lowest BCUT2D eigenvalue weighted by atomic mass is 9.92. The van der Waals surface area contributed by atoms with Crippen LogP contribution in [0, 0.1) is 11.8 Å². The van der Waals surface area contributed by atoms with E-state index in [2.05, 4.69) is 4.98 Å². The minimum atomic E-state index is -0.281. The Labute approximate surface area is 148 Å². The molecule has 0 saturated carbocycles. The molecule has 2 fully saturated rings. The van der Waals surface area contributed by atoms with Crippen LogP contribution in [0.2, 0.25) is 0 Å². The third-order valence-electron chi connectivity index (χ3n) is 5.28. The average Bonchev–Trinajstić information content (AvgIpc) is 3.19. The highest BCUT2D eigenvalue weighted by Gasteiger charge is 2.39. The van der Waals surface area contributed by atoms with E-state index in [4.69, 9.17) is 0 Å². The van der Waals surface area contributed by atoms with Gasteiger partial charge >= 0.3 is 0 Å². The van der Waals surface area contributed by atoms with Crippen molar-refractivity contribution in [2.45, 2.75) is 39.2 Å². The molecule has 2 aliphatic heterocycles. The Balaban J connectivity index is 1.65. The number of ketones is 1. The molecule has 2 amide bonds. The Kier molecular flexibility index (Phi) is 4.92. The van der Waals surface area contributed by atoms with Crippen molar-refractivity contribution in [2.75, 3.05) is 19.6 Å². The molecule has 3 heterocycles. The zero-order valence-corrected chi connectivity index (χ0v) is 15.1. The van der Waals surface area contributed by atoms with Crippen molar-refractivity contribution in [2.24, 2.45) is 18.9 Å². The van der Waals surface area contributed by atoms with Crippen LogP contribution < -0.4 is 0 Å². The van der Waals surface area contributed by atoms with Gasteiger partial charge in [0.05, 0.1) is 5.92 Å². The van der Waals surface area contributed by atoms with Crippen LogP contribution in [-0.4, -0.2) is 62.6 Å². The predicted molar refractivity (Wildman–Crippen MR) is 91.8 cm³/mol. The van der Waals surface area contributed by atoms with Gasteiger partial charge in [-0.3, -0.25) is 14.4 Å². The molecule has 0 radical (unpaired) electrons. The second-order valence-corrected chi connectivity index (χ2v) is 7.39. The van der Waals surface area contributed by atoms with Crippen molar-refractivity contribution in [1.82, 2.24) is 19.4 Å². The normalized spacial score (nSPS) is 24.2. The minimum Gasteiger partial charge on any atom is -0.342 e. The number of hydrogen-bond acceptors (Lipinski definition) is 4. The van der Waals surface area contributed by atoms with Crippen LogP contribution >= 0.6 is 0 Å². The second-order valence-electron chi connectivity index (χ2n) is 7.39. The standard InChI is InChI=1S/C18H26N4O3/c1-12(2)22-11-14(9-15(22)23)18(25)21-7-4-5-13(10-21)16(24)17-19-6-8-20(17)3/h6,8,12-14H,4-5,7,9-11H2,1-3H3. The van der Waals surface area contributed by atoms with Gasteiger partial charge in [0.2, 0.25) is 17.6 Å². The monoisotopic (exact) mass is 346 g/mol. The fraction of sp³-hybridized carbons (Fsp3) is 0.667. The minimum absolute atomic E-state index is 0.00342. The number of aryl methyl sites for hydroxylation is 1. The van der Waals surface area contributed by atoms with E-state index in [1.165, 1.54) is 0 Å². The average molecular weight is 346 g/mol. The molecule has 0 N–H and O–H groups in total. The first-order valence-corrected chi connectivity index (χ1v) is 8.98. The molecule has 7 nitrogen and oxygen atoms in total. The lowest BCUT2D eigenvalue weighted by Crippen LogP contribution is -2.45. The van der Waals surface area contributed by atoms with E-state index >= 15 is 0 Å². The van der Waals surface area contributed by atoms with Crippen LogP contribution in [-0.2, 0) is 16.6 Å². The third-order valence-corrected chi connectivity index (χ3v) is 5.28. The number of carbonyl (C=O) groups excluding carboxylic acids is 3. The van der Waals surface area contributed by atoms with Gasteiger partial charge in [0.1, 0.15) is 0 Å². The molecule has 25 heavy (non-hydrogen) atoms. The summed E-state index contributed by atoms with van der Waals surface area (Å²) >= 11 is 0. The van der Waals surface area contributed by atoms with Crippen LogP contribution in [0.1, 0.15) is 43.7 Å². The summed E-state index contributed by atoms with van der Waals surface area (Å²) < 4.78 is 1.72. The van der Waals surface area contributed by atoms with Crippen molar-refractivity contribution in [3.63, 3.8) is 0 Å². The van der Waals surface area contributed by atoms with E-state index in [9.17, 15) is 14.4 Å². The van der Waals surface area contributed by atoms with E-state index in [-0.39, 0.29) is 41.9 Å². The van der Waals surface area contributed by atoms with Gasteiger partial charge in [-0.2, -0.15) is 0 Å². The molecule has 7 heteroatoms. The van der Waals surface area contributed by atoms with Crippen molar-refractivity contribution in [3.8, 4) is 0 Å². The number of likely N-dealkylation sites (tertiary alicyclic amines) is 2. The quantitative estimate of drug-likeness (QED) is 0.765. The highest BCUT2D eigenvalue weighted by Crippen LogP contribution is 2.26. The van der Waals surface area contributed by atoms with Gasteiger partial charge in [0.15, 0.2) is 5.82 Å². The SMILES string of the molecule is CC(C)N1CC(C(=O)N2CCCC(C(=O)c3nccn3C)C2)CC1=O. The molecule has 2 saturated heterocycles. The zero-order chi connectivity index (χ0) is 18.1. The molecule has 3 rings (SSSR count). The highest BCUT2D eigenvalue weighted by atomic mass is 16.2. The maximum absolute atomic E-state index is 12.9. The van der Waals surface area contributed by atoms with Gasteiger partial charge < -0.3 is 14.4 Å². The van der Waals surface area contributed by atoms with Gasteiger partial charge in [-0.05, 0) is 26.7 Å². The number of amides is 2. The highest BCUT2D eigenvalue weighted by molar-refractivity contribution is 5.95. The van der Waals surface area contributed by atoms with Crippen molar-refractivity contribution in [1.29, 1.82) is 0 Å². The van der Waals surface area contributed by atoms with Crippen LogP contribution in [0.3, 0.4) is 0 Å². The lowest BCUT2D eigenvalue weighted by Gasteiger charge is -2.33. The summed E-state index contributed by atoms with van der Waals surface area (Å²) in [5.41, 5.74) is 0. The van der Waals surface area contributed by atoms with Crippen molar-refractivity contribution < 1.29 is 14.4 Å². The molecular formula is C18H26N4O3. The van der Waals surface area contributed by atoms with E-state index in [0.29, 0.717) is 25.5 Å². The largest absolute Gasteiger partial charge is 0.342 e. The van der Waals surface area contributed by atoms with E-state index < -0.39 is 0 Å². The summed E-state index contributed by atoms with van der Waals surface area (Å²) in [4.78, 5) is 45.3. The van der Waals surface area contributed by atoms with Crippen LogP contribution in [0.15, 0.2) is 12.4 Å². The summed E-state index contributed by atoms with van der Waals surface area (Å²) in [7, 11) is 1.80. The van der Waals surface area contributed by atoms with E-state index in [1.807, 2.05) is 13.8 Å². The predicted octanol–water partition coefficient (Wildman–Crippen LogP) is 1.10. The van der Waals surface area contributed by atoms with Crippen molar-refractivity contribution >= 4 is 17.6 Å². The number of carbonyl (C=O) groups is 3. The van der Waals surface area contributed by atoms with Crippen LogP contribution in [0.5, 0.6) is 0 Å². The first kappa shape index (κ1) is 17.6. The molecule has 2 unspecified atom stereocenters. The Morgan fingerprint density at radius 2 is 2.00 bits per heavy atom. The summed E-state index contributed by atoms with van der Waals surface area (Å²) in [6.07, 6.45) is 5.23. The first-order valence-electron chi connectivity index (χ1n) is 8.98. The van der Waals surface area contributed by atoms with Gasteiger partial charge in [-0.15, -0.1) is 0 Å². The zero-order valence-electron chi connectivity index (χ0n) is 15.1. The molecule has 1 aromatic rings. The van der Waals surface area contributed by atoms with Gasteiger partial charge in [0.25, 0.3) is 0 Å². The molecular weight excluding hydrogens is 320 g/mol. The Hall–Kier alpha value is -2.18. The number of imidazole rings is 1. The van der Waals surface area contributed by atoms with Crippen LogP contribution in [0.25, 0.3) is 0 Å². The molecule has 0 spiro atoms. The Morgan fingerprint density at radius 1 is 1.24 bits per heavy atom. The number of Topliss-reactive ketones (excluding diaryl/α,β-unsaturated/α-hetero) is 1. The summed E-state index contributed by atoms with van der Waals surface area (Å²) in [6, 6.07) is 0.115. The van der Waals surface area contributed by atoms with Crippen molar-refractivity contribution in [3.05, 3.63) is 18.2 Å². The molecule has 2 aliphatic rings. The maximum Gasteiger partial charge on any atom is 0.228 e. The molecule has 2 atom stereocenters. The fourth-order valence-electron chi connectivity index (χ4n) is 3.83. The summed E-state index contributed by atoms with van der Waals surface area (Å²) in [6.45, 7) is 5.51. The summed E-state index contributed by atoms with van der Waals surface area (Å²) in [5.74, 6) is 0.00601. The number of aromatic nitrogens is 2. The Bertz CT molecular complexity index is 682. The Morgan fingerprint density at radius 3 is 2.60 bits per heavy atom. The first-order chi connectivity index (χ1) is 11.9. The molecule has 0 aromatic carbocycles. The summed E-state index contributed by atoms with van der Waals surface area (Å²) in [5, 5.41) is 0. The molecule has 1 aromatic heterocycles. The number of hydrogen-bond donors (Lipinski definition) is 0. The molecule has 0 bridgehead atoms. The van der Waals surface area contributed by atoms with Crippen LogP contribution in [0.4, 0.5) is 0 Å². The third kappa shape index (κ3) is 3.45. The number of rotatable bonds is 4. The second kappa shape index (κ2) is 6.98. The lowest BCUT2D eigenvalue weighted by molar-refractivity contribution is -0.137. The number of nitrogens with zero attached hydrogens (tertiary/aromatic N) is 4. The molecule has 136 valence electrons. The maximum atomic E-state index is 12.9. The van der Waals surface area contributed by atoms with Gasteiger partial charge in [0, 0.05) is 57.5 Å². The van der Waals surface area contributed by atoms with Gasteiger partial charge in [-0.25, -0.2) is 4.98 Å². The number of piperidine rings is 1. The smallest absolute Gasteiger partial charge is 0.228 e.